The van der Waals surface area contributed by atoms with Crippen LogP contribution in [0.1, 0.15) is 36.0 Å². The molecule has 0 radical (unpaired) electrons. The number of amides is 1. The SMILES string of the molecule is CSc1ccc(C(=O)N2CCCCC2CC(=O)O)cc1. The lowest BCUT2D eigenvalue weighted by Gasteiger charge is -2.35. The van der Waals surface area contributed by atoms with Crippen LogP contribution in [0.25, 0.3) is 0 Å². The highest BCUT2D eigenvalue weighted by Gasteiger charge is 2.28. The van der Waals surface area contributed by atoms with Gasteiger partial charge in [0, 0.05) is 23.0 Å². The number of piperidine rings is 1. The van der Waals surface area contributed by atoms with Crippen LogP contribution in [-0.2, 0) is 4.79 Å². The van der Waals surface area contributed by atoms with Crippen molar-refractivity contribution in [1.82, 2.24) is 4.90 Å². The molecule has 4 nitrogen and oxygen atoms in total. The highest BCUT2D eigenvalue weighted by atomic mass is 32.2. The van der Waals surface area contributed by atoms with Gasteiger partial charge in [-0.1, -0.05) is 0 Å². The van der Waals surface area contributed by atoms with Crippen LogP contribution in [0.5, 0.6) is 0 Å². The van der Waals surface area contributed by atoms with E-state index >= 15 is 0 Å². The second-order valence-electron chi connectivity index (χ2n) is 4.97. The van der Waals surface area contributed by atoms with Gasteiger partial charge in [0.1, 0.15) is 0 Å². The van der Waals surface area contributed by atoms with Gasteiger partial charge in [-0.2, -0.15) is 0 Å². The van der Waals surface area contributed by atoms with Gasteiger partial charge in [0.15, 0.2) is 0 Å². The lowest BCUT2D eigenvalue weighted by molar-refractivity contribution is -0.138. The number of benzene rings is 1. The third-order valence-electron chi connectivity index (χ3n) is 3.64. The van der Waals surface area contributed by atoms with E-state index in [9.17, 15) is 9.59 Å². The molecule has 1 aliphatic rings. The maximum Gasteiger partial charge on any atom is 0.305 e. The number of hydrogen-bond acceptors (Lipinski definition) is 3. The summed E-state index contributed by atoms with van der Waals surface area (Å²) in [6, 6.07) is 7.32. The van der Waals surface area contributed by atoms with E-state index in [-0.39, 0.29) is 18.4 Å². The first-order chi connectivity index (χ1) is 9.61. The van der Waals surface area contributed by atoms with E-state index in [1.807, 2.05) is 30.5 Å². The average molecular weight is 293 g/mol. The number of carboxylic acids is 1. The molecule has 0 aliphatic carbocycles. The van der Waals surface area contributed by atoms with Gasteiger partial charge in [-0.05, 0) is 49.8 Å². The van der Waals surface area contributed by atoms with Crippen molar-refractivity contribution in [2.24, 2.45) is 0 Å². The van der Waals surface area contributed by atoms with E-state index in [1.54, 1.807) is 16.7 Å². The van der Waals surface area contributed by atoms with E-state index in [0.717, 1.165) is 24.2 Å². The Morgan fingerprint density at radius 2 is 2.00 bits per heavy atom. The number of aliphatic carboxylic acids is 1. The minimum absolute atomic E-state index is 0.0363. The molecule has 2 rings (SSSR count). The van der Waals surface area contributed by atoms with Crippen LogP contribution in [0.4, 0.5) is 0 Å². The zero-order valence-corrected chi connectivity index (χ0v) is 12.4. The van der Waals surface area contributed by atoms with Crippen molar-refractivity contribution in [2.45, 2.75) is 36.6 Å². The Morgan fingerprint density at radius 3 is 2.60 bits per heavy atom. The van der Waals surface area contributed by atoms with Crippen LogP contribution in [-0.4, -0.2) is 40.7 Å². The molecule has 1 aliphatic heterocycles. The Hall–Kier alpha value is -1.49. The van der Waals surface area contributed by atoms with Gasteiger partial charge in [-0.15, -0.1) is 11.8 Å². The summed E-state index contributed by atoms with van der Waals surface area (Å²) in [5, 5.41) is 8.96. The molecule has 108 valence electrons. The summed E-state index contributed by atoms with van der Waals surface area (Å²) < 4.78 is 0. The molecule has 1 atom stereocenters. The Bertz CT molecular complexity index is 486. The molecule has 1 N–H and O–H groups in total. The molecule has 0 bridgehead atoms. The van der Waals surface area contributed by atoms with E-state index in [2.05, 4.69) is 0 Å². The van der Waals surface area contributed by atoms with Gasteiger partial charge in [-0.25, -0.2) is 0 Å². The van der Waals surface area contributed by atoms with Gasteiger partial charge in [-0.3, -0.25) is 9.59 Å². The van der Waals surface area contributed by atoms with Crippen LogP contribution in [0.3, 0.4) is 0 Å². The highest BCUT2D eigenvalue weighted by molar-refractivity contribution is 7.98. The van der Waals surface area contributed by atoms with Crippen LogP contribution in [0.2, 0.25) is 0 Å². The maximum atomic E-state index is 12.5. The smallest absolute Gasteiger partial charge is 0.305 e. The Balaban J connectivity index is 2.13. The molecule has 0 spiro atoms. The molecule has 1 amide bonds. The fourth-order valence-corrected chi connectivity index (χ4v) is 2.99. The van der Waals surface area contributed by atoms with Crippen molar-refractivity contribution in [2.75, 3.05) is 12.8 Å². The maximum absolute atomic E-state index is 12.5. The third-order valence-corrected chi connectivity index (χ3v) is 4.38. The van der Waals surface area contributed by atoms with E-state index in [4.69, 9.17) is 5.11 Å². The molecule has 5 heteroatoms. The Morgan fingerprint density at radius 1 is 1.30 bits per heavy atom. The van der Waals surface area contributed by atoms with Gasteiger partial charge in [0.25, 0.3) is 5.91 Å². The number of nitrogens with zero attached hydrogens (tertiary/aromatic N) is 1. The molecule has 0 aromatic heterocycles. The molecule has 0 saturated carbocycles. The van der Waals surface area contributed by atoms with Gasteiger partial charge in [0.05, 0.1) is 6.42 Å². The number of thioether (sulfide) groups is 1. The normalized spacial score (nSPS) is 18.9. The number of rotatable bonds is 4. The molecule has 1 aromatic carbocycles. The molecule has 1 fully saturated rings. The molecule has 20 heavy (non-hydrogen) atoms. The van der Waals surface area contributed by atoms with Crippen LogP contribution >= 0.6 is 11.8 Å². The minimum atomic E-state index is -0.840. The molecular formula is C15H19NO3S. The number of carboxylic acid groups (broad SMARTS) is 1. The first kappa shape index (κ1) is 14.9. The average Bonchev–Trinajstić information content (AvgIpc) is 2.46. The molecule has 1 heterocycles. The summed E-state index contributed by atoms with van der Waals surface area (Å²) >= 11 is 1.63. The summed E-state index contributed by atoms with van der Waals surface area (Å²) in [5.41, 5.74) is 0.639. The van der Waals surface area contributed by atoms with Crippen molar-refractivity contribution in [1.29, 1.82) is 0 Å². The Labute approximate surface area is 123 Å². The summed E-state index contributed by atoms with van der Waals surface area (Å²) in [5.74, 6) is -0.893. The minimum Gasteiger partial charge on any atom is -0.481 e. The fraction of sp³-hybridized carbons (Fsp3) is 0.467. The monoisotopic (exact) mass is 293 g/mol. The van der Waals surface area contributed by atoms with Crippen molar-refractivity contribution in [3.8, 4) is 0 Å². The van der Waals surface area contributed by atoms with Crippen molar-refractivity contribution in [3.05, 3.63) is 29.8 Å². The summed E-state index contributed by atoms with van der Waals surface area (Å²) in [6.07, 6.45) is 4.75. The van der Waals surface area contributed by atoms with E-state index in [1.165, 1.54) is 0 Å². The second-order valence-corrected chi connectivity index (χ2v) is 5.85. The number of likely N-dealkylation sites (tertiary alicyclic amines) is 1. The predicted octanol–water partition coefficient (Wildman–Crippen LogP) is 2.88. The molecule has 1 aromatic rings. The summed E-state index contributed by atoms with van der Waals surface area (Å²) in [7, 11) is 0. The van der Waals surface area contributed by atoms with E-state index < -0.39 is 5.97 Å². The quantitative estimate of drug-likeness (QED) is 0.867. The second kappa shape index (κ2) is 6.79. The predicted molar refractivity (Wildman–Crippen MR) is 79.2 cm³/mol. The van der Waals surface area contributed by atoms with Crippen molar-refractivity contribution >= 4 is 23.6 Å². The standard InChI is InChI=1S/C15H19NO3S/c1-20-13-7-5-11(6-8-13)15(19)16-9-3-2-4-12(16)10-14(17)18/h5-8,12H,2-4,9-10H2,1H3,(H,17,18). The lowest BCUT2D eigenvalue weighted by Crippen LogP contribution is -2.44. The van der Waals surface area contributed by atoms with Gasteiger partial charge in [0.2, 0.25) is 0 Å². The number of carbonyl (C=O) groups excluding carboxylic acids is 1. The molecule has 1 unspecified atom stereocenters. The Kier molecular flexibility index (Phi) is 5.06. The molecular weight excluding hydrogens is 274 g/mol. The van der Waals surface area contributed by atoms with Gasteiger partial charge >= 0.3 is 5.97 Å². The zero-order valence-electron chi connectivity index (χ0n) is 11.5. The number of hydrogen-bond donors (Lipinski definition) is 1. The first-order valence-electron chi connectivity index (χ1n) is 6.78. The molecule has 1 saturated heterocycles. The topological polar surface area (TPSA) is 57.6 Å². The van der Waals surface area contributed by atoms with Crippen molar-refractivity contribution in [3.63, 3.8) is 0 Å². The lowest BCUT2D eigenvalue weighted by atomic mass is 9.98. The first-order valence-corrected chi connectivity index (χ1v) is 8.01. The van der Waals surface area contributed by atoms with E-state index in [0.29, 0.717) is 12.1 Å². The van der Waals surface area contributed by atoms with Crippen LogP contribution < -0.4 is 0 Å². The largest absolute Gasteiger partial charge is 0.481 e. The van der Waals surface area contributed by atoms with Crippen LogP contribution in [0, 0.1) is 0 Å². The van der Waals surface area contributed by atoms with Crippen molar-refractivity contribution < 1.29 is 14.7 Å². The zero-order chi connectivity index (χ0) is 14.5. The number of carbonyl (C=O) groups is 2. The van der Waals surface area contributed by atoms with Crippen LogP contribution in [0.15, 0.2) is 29.2 Å². The third kappa shape index (κ3) is 3.54. The summed E-state index contributed by atoms with van der Waals surface area (Å²) in [4.78, 5) is 26.3. The summed E-state index contributed by atoms with van der Waals surface area (Å²) in [6.45, 7) is 0.654. The van der Waals surface area contributed by atoms with Gasteiger partial charge < -0.3 is 10.0 Å². The fourth-order valence-electron chi connectivity index (χ4n) is 2.58. The highest BCUT2D eigenvalue weighted by Crippen LogP contribution is 2.23.